The minimum atomic E-state index is -0.398. The molecule has 0 spiro atoms. The lowest BCUT2D eigenvalue weighted by Gasteiger charge is -2.04. The number of ether oxygens (including phenoxy) is 1. The summed E-state index contributed by atoms with van der Waals surface area (Å²) in [4.78, 5) is 11.6. The highest BCUT2D eigenvalue weighted by Crippen LogP contribution is 2.29. The Hall–Kier alpha value is -3.24. The number of rotatable bonds is 4. The van der Waals surface area contributed by atoms with E-state index in [1.54, 1.807) is 30.3 Å². The highest BCUT2D eigenvalue weighted by atomic mass is 32.1. The van der Waals surface area contributed by atoms with Gasteiger partial charge in [-0.05, 0) is 30.3 Å². The summed E-state index contributed by atoms with van der Waals surface area (Å²) in [6.07, 6.45) is 0. The molecule has 0 atom stereocenters. The minimum absolute atomic E-state index is 0.398. The molecule has 0 bridgehead atoms. The average Bonchev–Trinajstić information content (AvgIpc) is 3.10. The van der Waals surface area contributed by atoms with Crippen LogP contribution < -0.4 is 5.32 Å². The number of benzene rings is 2. The third-order valence-corrected chi connectivity index (χ3v) is 4.09. The molecule has 7 heteroatoms. The Morgan fingerprint density at radius 3 is 2.83 bits per heavy atom. The van der Waals surface area contributed by atoms with E-state index >= 15 is 0 Å². The Kier molecular flexibility index (Phi) is 4.50. The van der Waals surface area contributed by atoms with Crippen LogP contribution in [0.5, 0.6) is 0 Å². The van der Waals surface area contributed by atoms with E-state index in [2.05, 4.69) is 21.6 Å². The molecule has 24 heavy (non-hydrogen) atoms. The summed E-state index contributed by atoms with van der Waals surface area (Å²) in [7, 11) is 1.34. The van der Waals surface area contributed by atoms with Gasteiger partial charge in [0.2, 0.25) is 5.13 Å². The molecular weight excluding hydrogens is 324 g/mol. The van der Waals surface area contributed by atoms with E-state index in [-0.39, 0.29) is 0 Å². The summed E-state index contributed by atoms with van der Waals surface area (Å²) >= 11 is 1.36. The SMILES string of the molecule is COC(=O)c1cccc(Nc2nnc(-c3cccc(C#N)c3)s2)c1. The monoisotopic (exact) mass is 336 g/mol. The van der Waals surface area contributed by atoms with Gasteiger partial charge in [0.05, 0.1) is 24.3 Å². The third kappa shape index (κ3) is 3.39. The highest BCUT2D eigenvalue weighted by Gasteiger charge is 2.09. The fourth-order valence-corrected chi connectivity index (χ4v) is 2.84. The van der Waals surface area contributed by atoms with Crippen molar-refractivity contribution in [3.8, 4) is 16.6 Å². The first-order chi connectivity index (χ1) is 11.7. The molecule has 3 aromatic rings. The third-order valence-electron chi connectivity index (χ3n) is 3.20. The maximum atomic E-state index is 11.6. The number of hydrogen-bond donors (Lipinski definition) is 1. The minimum Gasteiger partial charge on any atom is -0.465 e. The first-order valence-corrected chi connectivity index (χ1v) is 7.80. The van der Waals surface area contributed by atoms with Crippen LogP contribution in [0.2, 0.25) is 0 Å². The van der Waals surface area contributed by atoms with Gasteiger partial charge < -0.3 is 10.1 Å². The molecule has 1 N–H and O–H groups in total. The van der Waals surface area contributed by atoms with Gasteiger partial charge in [-0.25, -0.2) is 4.79 Å². The van der Waals surface area contributed by atoms with Crippen LogP contribution in [-0.2, 0) is 4.74 Å². The fraction of sp³-hybridized carbons (Fsp3) is 0.0588. The molecule has 0 amide bonds. The molecule has 0 radical (unpaired) electrons. The predicted octanol–water partition coefficient (Wildman–Crippen LogP) is 3.61. The van der Waals surface area contributed by atoms with Crippen LogP contribution in [0.4, 0.5) is 10.8 Å². The van der Waals surface area contributed by atoms with E-state index in [4.69, 9.17) is 10.00 Å². The molecule has 6 nitrogen and oxygen atoms in total. The van der Waals surface area contributed by atoms with Crippen molar-refractivity contribution in [1.82, 2.24) is 10.2 Å². The second-order valence-electron chi connectivity index (χ2n) is 4.80. The van der Waals surface area contributed by atoms with Gasteiger partial charge in [0.25, 0.3) is 0 Å². The van der Waals surface area contributed by atoms with Crippen molar-refractivity contribution in [2.45, 2.75) is 0 Å². The van der Waals surface area contributed by atoms with Crippen LogP contribution in [-0.4, -0.2) is 23.3 Å². The Labute approximate surface area is 142 Å². The van der Waals surface area contributed by atoms with Gasteiger partial charge in [-0.3, -0.25) is 0 Å². The van der Waals surface area contributed by atoms with E-state index in [9.17, 15) is 4.79 Å². The number of esters is 1. The zero-order valence-electron chi connectivity index (χ0n) is 12.7. The largest absolute Gasteiger partial charge is 0.465 e. The van der Waals surface area contributed by atoms with Crippen molar-refractivity contribution >= 4 is 28.1 Å². The maximum Gasteiger partial charge on any atom is 0.337 e. The van der Waals surface area contributed by atoms with Crippen LogP contribution in [0.1, 0.15) is 15.9 Å². The smallest absolute Gasteiger partial charge is 0.337 e. The van der Waals surface area contributed by atoms with Crippen LogP contribution in [0, 0.1) is 11.3 Å². The first kappa shape index (κ1) is 15.6. The predicted molar refractivity (Wildman–Crippen MR) is 91.1 cm³/mol. The van der Waals surface area contributed by atoms with E-state index < -0.39 is 5.97 Å². The zero-order chi connectivity index (χ0) is 16.9. The molecule has 0 aliphatic heterocycles. The lowest BCUT2D eigenvalue weighted by Crippen LogP contribution is -2.01. The summed E-state index contributed by atoms with van der Waals surface area (Å²) in [5.74, 6) is -0.398. The molecule has 0 aliphatic carbocycles. The van der Waals surface area contributed by atoms with Crippen molar-refractivity contribution < 1.29 is 9.53 Å². The second kappa shape index (κ2) is 6.89. The normalized spacial score (nSPS) is 10.0. The van der Waals surface area contributed by atoms with Gasteiger partial charge in [0.1, 0.15) is 5.01 Å². The molecule has 1 aromatic heterocycles. The summed E-state index contributed by atoms with van der Waals surface area (Å²) in [6.45, 7) is 0. The van der Waals surface area contributed by atoms with Crippen LogP contribution in [0.15, 0.2) is 48.5 Å². The second-order valence-corrected chi connectivity index (χ2v) is 5.78. The summed E-state index contributed by atoms with van der Waals surface area (Å²) < 4.78 is 4.71. The number of carbonyl (C=O) groups excluding carboxylic acids is 1. The Balaban J connectivity index is 1.82. The topological polar surface area (TPSA) is 87.9 Å². The molecule has 3 rings (SSSR count). The number of anilines is 2. The van der Waals surface area contributed by atoms with Crippen LogP contribution in [0.3, 0.4) is 0 Å². The highest BCUT2D eigenvalue weighted by molar-refractivity contribution is 7.18. The Morgan fingerprint density at radius 1 is 1.21 bits per heavy atom. The number of carbonyl (C=O) groups is 1. The molecule has 0 saturated heterocycles. The fourth-order valence-electron chi connectivity index (χ4n) is 2.08. The zero-order valence-corrected chi connectivity index (χ0v) is 13.5. The molecule has 0 saturated carbocycles. The van der Waals surface area contributed by atoms with Gasteiger partial charge in [0.15, 0.2) is 0 Å². The molecular formula is C17H12N4O2S. The van der Waals surface area contributed by atoms with Crippen molar-refractivity contribution in [3.05, 3.63) is 59.7 Å². The number of hydrogen-bond acceptors (Lipinski definition) is 7. The lowest BCUT2D eigenvalue weighted by atomic mass is 10.1. The maximum absolute atomic E-state index is 11.6. The number of nitrogens with one attached hydrogen (secondary N) is 1. The number of methoxy groups -OCH3 is 1. The lowest BCUT2D eigenvalue weighted by molar-refractivity contribution is 0.0601. The van der Waals surface area contributed by atoms with E-state index in [1.165, 1.54) is 18.4 Å². The quantitative estimate of drug-likeness (QED) is 0.732. The van der Waals surface area contributed by atoms with Gasteiger partial charge >= 0.3 is 5.97 Å². The van der Waals surface area contributed by atoms with Crippen LogP contribution >= 0.6 is 11.3 Å². The molecule has 2 aromatic carbocycles. The molecule has 0 aliphatic rings. The van der Waals surface area contributed by atoms with Crippen molar-refractivity contribution in [1.29, 1.82) is 5.26 Å². The molecule has 1 heterocycles. The van der Waals surface area contributed by atoms with Crippen molar-refractivity contribution in [2.24, 2.45) is 0 Å². The molecule has 0 fully saturated rings. The first-order valence-electron chi connectivity index (χ1n) is 6.99. The average molecular weight is 336 g/mol. The van der Waals surface area contributed by atoms with Crippen molar-refractivity contribution in [2.75, 3.05) is 12.4 Å². The van der Waals surface area contributed by atoms with E-state index in [0.29, 0.717) is 27.0 Å². The molecule has 118 valence electrons. The Bertz CT molecular complexity index is 930. The summed E-state index contributed by atoms with van der Waals surface area (Å²) in [5.41, 5.74) is 2.58. The molecule has 0 unspecified atom stereocenters. The van der Waals surface area contributed by atoms with Crippen molar-refractivity contribution in [3.63, 3.8) is 0 Å². The van der Waals surface area contributed by atoms with E-state index in [1.807, 2.05) is 18.2 Å². The van der Waals surface area contributed by atoms with Gasteiger partial charge in [-0.1, -0.05) is 29.5 Å². The number of aromatic nitrogens is 2. The van der Waals surface area contributed by atoms with Gasteiger partial charge in [-0.15, -0.1) is 10.2 Å². The number of nitriles is 1. The Morgan fingerprint density at radius 2 is 2.04 bits per heavy atom. The standard InChI is InChI=1S/C17H12N4O2S/c1-23-16(22)13-6-3-7-14(9-13)19-17-21-20-15(24-17)12-5-2-4-11(8-12)10-18/h2-9H,1H3,(H,19,21). The summed E-state index contributed by atoms with van der Waals surface area (Å²) in [6, 6.07) is 16.2. The number of nitrogens with zero attached hydrogens (tertiary/aromatic N) is 3. The summed E-state index contributed by atoms with van der Waals surface area (Å²) in [5, 5.41) is 21.6. The van der Waals surface area contributed by atoms with E-state index in [0.717, 1.165) is 5.56 Å². The van der Waals surface area contributed by atoms with Gasteiger partial charge in [-0.2, -0.15) is 5.26 Å². The van der Waals surface area contributed by atoms with Gasteiger partial charge in [0, 0.05) is 11.3 Å². The van der Waals surface area contributed by atoms with Crippen LogP contribution in [0.25, 0.3) is 10.6 Å².